The molecular formula is C15H24ClN. The van der Waals surface area contributed by atoms with Crippen LogP contribution in [-0.4, -0.2) is 13.1 Å². The van der Waals surface area contributed by atoms with Crippen LogP contribution in [0.25, 0.3) is 0 Å². The fraction of sp³-hybridized carbons (Fsp3) is 0.600. The SMILES string of the molecule is CC(C)CNCC(c1ccc(Cl)cc1)C(C)C. The molecule has 0 saturated heterocycles. The molecule has 0 heterocycles. The third-order valence-electron chi connectivity index (χ3n) is 3.02. The zero-order valence-electron chi connectivity index (χ0n) is 11.3. The van der Waals surface area contributed by atoms with Crippen molar-refractivity contribution in [2.24, 2.45) is 11.8 Å². The third kappa shape index (κ3) is 5.10. The summed E-state index contributed by atoms with van der Waals surface area (Å²) in [5.41, 5.74) is 1.38. The van der Waals surface area contributed by atoms with Crippen molar-refractivity contribution in [3.05, 3.63) is 34.9 Å². The molecule has 0 aliphatic carbocycles. The number of hydrogen-bond acceptors (Lipinski definition) is 1. The van der Waals surface area contributed by atoms with Crippen molar-refractivity contribution in [2.75, 3.05) is 13.1 Å². The van der Waals surface area contributed by atoms with E-state index >= 15 is 0 Å². The number of halogens is 1. The first-order valence-electron chi connectivity index (χ1n) is 6.47. The van der Waals surface area contributed by atoms with Crippen LogP contribution in [0.3, 0.4) is 0 Å². The summed E-state index contributed by atoms with van der Waals surface area (Å²) in [5, 5.41) is 4.36. The summed E-state index contributed by atoms with van der Waals surface area (Å²) in [4.78, 5) is 0. The molecule has 1 aromatic carbocycles. The van der Waals surface area contributed by atoms with Crippen molar-refractivity contribution in [3.63, 3.8) is 0 Å². The predicted octanol–water partition coefficient (Wildman–Crippen LogP) is 4.33. The molecule has 0 aromatic heterocycles. The lowest BCUT2D eigenvalue weighted by atomic mass is 9.88. The van der Waals surface area contributed by atoms with Gasteiger partial charge in [0.2, 0.25) is 0 Å². The molecule has 96 valence electrons. The molecule has 2 heteroatoms. The molecule has 1 rings (SSSR count). The highest BCUT2D eigenvalue weighted by molar-refractivity contribution is 6.30. The minimum atomic E-state index is 0.561. The van der Waals surface area contributed by atoms with Crippen LogP contribution in [-0.2, 0) is 0 Å². The maximum Gasteiger partial charge on any atom is 0.0406 e. The van der Waals surface area contributed by atoms with Crippen LogP contribution in [0, 0.1) is 11.8 Å². The van der Waals surface area contributed by atoms with Gasteiger partial charge in [0.05, 0.1) is 0 Å². The Labute approximate surface area is 111 Å². The highest BCUT2D eigenvalue weighted by atomic mass is 35.5. The minimum absolute atomic E-state index is 0.561. The van der Waals surface area contributed by atoms with E-state index in [9.17, 15) is 0 Å². The molecule has 0 fully saturated rings. The summed E-state index contributed by atoms with van der Waals surface area (Å²) in [5.74, 6) is 1.90. The molecule has 0 spiro atoms. The molecule has 0 bridgehead atoms. The summed E-state index contributed by atoms with van der Waals surface area (Å²) in [7, 11) is 0. The van der Waals surface area contributed by atoms with Crippen LogP contribution in [0.4, 0.5) is 0 Å². The van der Waals surface area contributed by atoms with E-state index in [1.165, 1.54) is 5.56 Å². The van der Waals surface area contributed by atoms with Gasteiger partial charge in [0.25, 0.3) is 0 Å². The molecule has 17 heavy (non-hydrogen) atoms. The Kier molecular flexibility index (Phi) is 6.01. The molecule has 0 aliphatic rings. The van der Waals surface area contributed by atoms with Crippen LogP contribution in [0.1, 0.15) is 39.2 Å². The zero-order valence-corrected chi connectivity index (χ0v) is 12.1. The Morgan fingerprint density at radius 2 is 1.59 bits per heavy atom. The molecule has 1 N–H and O–H groups in total. The molecule has 0 aliphatic heterocycles. The average Bonchev–Trinajstić information content (AvgIpc) is 2.25. The first kappa shape index (κ1) is 14.5. The first-order chi connectivity index (χ1) is 8.00. The van der Waals surface area contributed by atoms with Crippen LogP contribution < -0.4 is 5.32 Å². The monoisotopic (exact) mass is 253 g/mol. The number of nitrogens with one attached hydrogen (secondary N) is 1. The number of hydrogen-bond donors (Lipinski definition) is 1. The van der Waals surface area contributed by atoms with Crippen LogP contribution >= 0.6 is 11.6 Å². The smallest absolute Gasteiger partial charge is 0.0406 e. The van der Waals surface area contributed by atoms with Crippen LogP contribution in [0.2, 0.25) is 5.02 Å². The van der Waals surface area contributed by atoms with Gasteiger partial charge in [0, 0.05) is 11.6 Å². The summed E-state index contributed by atoms with van der Waals surface area (Å²) in [6.07, 6.45) is 0. The summed E-state index contributed by atoms with van der Waals surface area (Å²) < 4.78 is 0. The van der Waals surface area contributed by atoms with Gasteiger partial charge >= 0.3 is 0 Å². The standard InChI is InChI=1S/C15H24ClN/c1-11(2)9-17-10-15(12(3)4)13-5-7-14(16)8-6-13/h5-8,11-12,15,17H,9-10H2,1-4H3. The van der Waals surface area contributed by atoms with Gasteiger partial charge in [-0.05, 0) is 42.0 Å². The Morgan fingerprint density at radius 3 is 2.06 bits per heavy atom. The molecule has 1 unspecified atom stereocenters. The van der Waals surface area contributed by atoms with E-state index in [2.05, 4.69) is 45.1 Å². The summed E-state index contributed by atoms with van der Waals surface area (Å²) >= 11 is 5.93. The lowest BCUT2D eigenvalue weighted by Crippen LogP contribution is -2.27. The number of benzene rings is 1. The number of rotatable bonds is 6. The maximum absolute atomic E-state index is 5.93. The second kappa shape index (κ2) is 7.03. The minimum Gasteiger partial charge on any atom is -0.316 e. The van der Waals surface area contributed by atoms with Crippen molar-refractivity contribution in [3.8, 4) is 0 Å². The van der Waals surface area contributed by atoms with Gasteiger partial charge < -0.3 is 5.32 Å². The van der Waals surface area contributed by atoms with Crippen molar-refractivity contribution >= 4 is 11.6 Å². The van der Waals surface area contributed by atoms with Crippen molar-refractivity contribution < 1.29 is 0 Å². The second-order valence-corrected chi connectivity index (χ2v) is 5.89. The van der Waals surface area contributed by atoms with Crippen LogP contribution in [0.15, 0.2) is 24.3 Å². The van der Waals surface area contributed by atoms with Gasteiger partial charge in [0.1, 0.15) is 0 Å². The fourth-order valence-electron chi connectivity index (χ4n) is 1.98. The normalized spacial score (nSPS) is 13.4. The Morgan fingerprint density at radius 1 is 1.00 bits per heavy atom. The highest BCUT2D eigenvalue weighted by Gasteiger charge is 2.15. The topological polar surface area (TPSA) is 12.0 Å². The van der Waals surface area contributed by atoms with E-state index in [-0.39, 0.29) is 0 Å². The maximum atomic E-state index is 5.93. The first-order valence-corrected chi connectivity index (χ1v) is 6.84. The molecule has 0 saturated carbocycles. The predicted molar refractivity (Wildman–Crippen MR) is 76.7 cm³/mol. The van der Waals surface area contributed by atoms with Gasteiger partial charge in [0.15, 0.2) is 0 Å². The van der Waals surface area contributed by atoms with Crippen molar-refractivity contribution in [1.29, 1.82) is 0 Å². The van der Waals surface area contributed by atoms with Gasteiger partial charge in [-0.2, -0.15) is 0 Å². The van der Waals surface area contributed by atoms with Gasteiger partial charge in [-0.25, -0.2) is 0 Å². The lowest BCUT2D eigenvalue weighted by molar-refractivity contribution is 0.442. The van der Waals surface area contributed by atoms with Crippen molar-refractivity contribution in [1.82, 2.24) is 5.32 Å². The van der Waals surface area contributed by atoms with Crippen molar-refractivity contribution in [2.45, 2.75) is 33.6 Å². The van der Waals surface area contributed by atoms with E-state index < -0.39 is 0 Å². The quantitative estimate of drug-likeness (QED) is 0.796. The fourth-order valence-corrected chi connectivity index (χ4v) is 2.10. The van der Waals surface area contributed by atoms with E-state index in [1.54, 1.807) is 0 Å². The lowest BCUT2D eigenvalue weighted by Gasteiger charge is -2.22. The Balaban J connectivity index is 2.62. The zero-order chi connectivity index (χ0) is 12.8. The van der Waals surface area contributed by atoms with Gasteiger partial charge in [-0.3, -0.25) is 0 Å². The third-order valence-corrected chi connectivity index (χ3v) is 3.27. The average molecular weight is 254 g/mol. The van der Waals surface area contributed by atoms with E-state index in [4.69, 9.17) is 11.6 Å². The summed E-state index contributed by atoms with van der Waals surface area (Å²) in [6, 6.07) is 8.25. The highest BCUT2D eigenvalue weighted by Crippen LogP contribution is 2.25. The van der Waals surface area contributed by atoms with Gasteiger partial charge in [-0.15, -0.1) is 0 Å². The molecule has 1 nitrogen and oxygen atoms in total. The molecule has 1 aromatic rings. The van der Waals surface area contributed by atoms with Gasteiger partial charge in [-0.1, -0.05) is 51.4 Å². The molecule has 0 amide bonds. The molecule has 1 atom stereocenters. The molecule has 0 radical (unpaired) electrons. The van der Waals surface area contributed by atoms with E-state index in [0.29, 0.717) is 17.8 Å². The van der Waals surface area contributed by atoms with Crippen LogP contribution in [0.5, 0.6) is 0 Å². The summed E-state index contributed by atoms with van der Waals surface area (Å²) in [6.45, 7) is 11.1. The Bertz CT molecular complexity index is 316. The molecular weight excluding hydrogens is 230 g/mol. The van der Waals surface area contributed by atoms with E-state index in [1.807, 2.05) is 12.1 Å². The largest absolute Gasteiger partial charge is 0.316 e. The van der Waals surface area contributed by atoms with E-state index in [0.717, 1.165) is 18.1 Å². The second-order valence-electron chi connectivity index (χ2n) is 5.45. The Hall–Kier alpha value is -0.530.